The van der Waals surface area contributed by atoms with Gasteiger partial charge in [0.15, 0.2) is 5.65 Å². The molecule has 39 heavy (non-hydrogen) atoms. The zero-order chi connectivity index (χ0) is 27.0. The van der Waals surface area contributed by atoms with E-state index < -0.39 is 5.60 Å². The average Bonchev–Trinajstić information content (AvgIpc) is 3.70. The molecule has 1 aliphatic heterocycles. The molecule has 1 aliphatic carbocycles. The van der Waals surface area contributed by atoms with E-state index >= 15 is 0 Å². The maximum atomic E-state index is 13.3. The fourth-order valence-electron chi connectivity index (χ4n) is 5.46. The Labute approximate surface area is 227 Å². The second-order valence-electron chi connectivity index (χ2n) is 11.1. The number of hydrogen-bond donors (Lipinski definition) is 1. The van der Waals surface area contributed by atoms with E-state index in [4.69, 9.17) is 0 Å². The van der Waals surface area contributed by atoms with E-state index in [1.165, 1.54) is 22.0 Å². The molecule has 0 spiro atoms. The van der Waals surface area contributed by atoms with Gasteiger partial charge < -0.3 is 10.0 Å². The van der Waals surface area contributed by atoms with Crippen molar-refractivity contribution in [3.63, 3.8) is 0 Å². The van der Waals surface area contributed by atoms with Crippen molar-refractivity contribution in [2.45, 2.75) is 50.9 Å². The van der Waals surface area contributed by atoms with Crippen LogP contribution in [0.5, 0.6) is 0 Å². The highest BCUT2D eigenvalue weighted by molar-refractivity contribution is 5.81. The fourth-order valence-corrected chi connectivity index (χ4v) is 5.46. The zero-order valence-electron chi connectivity index (χ0n) is 22.2. The van der Waals surface area contributed by atoms with Gasteiger partial charge in [-0.2, -0.15) is 5.10 Å². The van der Waals surface area contributed by atoms with Crippen LogP contribution in [0.2, 0.25) is 0 Å². The molecule has 2 aromatic heterocycles. The lowest BCUT2D eigenvalue weighted by molar-refractivity contribution is -0.137. The van der Waals surface area contributed by atoms with E-state index in [1.54, 1.807) is 10.9 Å². The first kappa shape index (κ1) is 25.5. The summed E-state index contributed by atoms with van der Waals surface area (Å²) in [6.45, 7) is 2.87. The SMILES string of the molecule is CN(Cc1ccccc1)Cc1ccc(-n2ncc3c(=O)n(CC4(O)CCN(C(=O)C5CC5)CC4)cnc32)cc1. The molecule has 1 saturated carbocycles. The number of nitrogens with zero attached hydrogens (tertiary/aromatic N) is 6. The lowest BCUT2D eigenvalue weighted by Gasteiger charge is -2.38. The predicted molar refractivity (Wildman–Crippen MR) is 148 cm³/mol. The molecule has 4 aromatic rings. The van der Waals surface area contributed by atoms with Crippen molar-refractivity contribution in [3.8, 4) is 5.69 Å². The van der Waals surface area contributed by atoms with Crippen LogP contribution < -0.4 is 5.56 Å². The smallest absolute Gasteiger partial charge is 0.264 e. The summed E-state index contributed by atoms with van der Waals surface area (Å²) < 4.78 is 3.15. The third-order valence-electron chi connectivity index (χ3n) is 7.88. The van der Waals surface area contributed by atoms with E-state index in [2.05, 4.69) is 58.4 Å². The summed E-state index contributed by atoms with van der Waals surface area (Å²) in [6.07, 6.45) is 5.89. The Kier molecular flexibility index (Phi) is 6.78. The van der Waals surface area contributed by atoms with Crippen LogP contribution in [0.3, 0.4) is 0 Å². The van der Waals surface area contributed by atoms with Crippen LogP contribution >= 0.6 is 0 Å². The van der Waals surface area contributed by atoms with E-state index in [-0.39, 0.29) is 23.9 Å². The number of carbonyl (C=O) groups is 1. The van der Waals surface area contributed by atoms with Crippen LogP contribution in [0.15, 0.2) is 71.9 Å². The number of rotatable bonds is 8. The standard InChI is InChI=1S/C30H34N6O3/c1-33(18-22-5-3-2-4-6-22)19-23-7-11-25(12-8-23)36-27-26(17-32-36)29(38)35(21-31-27)20-30(39)13-15-34(16-14-30)28(37)24-9-10-24/h2-8,11-12,17,21,24,39H,9-10,13-16,18-20H2,1H3. The monoisotopic (exact) mass is 526 g/mol. The first-order valence-electron chi connectivity index (χ1n) is 13.6. The Morgan fingerprint density at radius 2 is 1.69 bits per heavy atom. The number of piperidine rings is 1. The quantitative estimate of drug-likeness (QED) is 0.379. The summed E-state index contributed by atoms with van der Waals surface area (Å²) in [5.74, 6) is 0.385. The summed E-state index contributed by atoms with van der Waals surface area (Å²) in [7, 11) is 2.10. The maximum Gasteiger partial charge on any atom is 0.264 e. The van der Waals surface area contributed by atoms with Gasteiger partial charge in [-0.3, -0.25) is 19.1 Å². The predicted octanol–water partition coefficient (Wildman–Crippen LogP) is 2.98. The molecular formula is C30H34N6O3. The van der Waals surface area contributed by atoms with E-state index in [0.717, 1.165) is 31.6 Å². The highest BCUT2D eigenvalue weighted by Gasteiger charge is 2.39. The van der Waals surface area contributed by atoms with E-state index in [0.29, 0.717) is 37.0 Å². The minimum Gasteiger partial charge on any atom is -0.388 e. The highest BCUT2D eigenvalue weighted by Crippen LogP contribution is 2.33. The average molecular weight is 527 g/mol. The molecular weight excluding hydrogens is 492 g/mol. The molecule has 1 saturated heterocycles. The summed E-state index contributed by atoms with van der Waals surface area (Å²) in [5.41, 5.74) is 2.51. The zero-order valence-corrected chi connectivity index (χ0v) is 22.2. The number of aliphatic hydroxyl groups is 1. The van der Waals surface area contributed by atoms with Crippen molar-refractivity contribution in [1.82, 2.24) is 29.1 Å². The van der Waals surface area contributed by atoms with Gasteiger partial charge in [0.05, 0.1) is 24.0 Å². The molecule has 0 radical (unpaired) electrons. The molecule has 1 amide bonds. The third kappa shape index (κ3) is 5.51. The maximum absolute atomic E-state index is 13.3. The number of hydrogen-bond acceptors (Lipinski definition) is 6. The van der Waals surface area contributed by atoms with Crippen LogP contribution in [-0.2, 0) is 24.4 Å². The van der Waals surface area contributed by atoms with Gasteiger partial charge in [-0.1, -0.05) is 42.5 Å². The van der Waals surface area contributed by atoms with Crippen LogP contribution in [0.1, 0.15) is 36.8 Å². The van der Waals surface area contributed by atoms with Crippen LogP contribution in [0.4, 0.5) is 0 Å². The minimum atomic E-state index is -1.04. The van der Waals surface area contributed by atoms with Crippen molar-refractivity contribution in [2.24, 2.45) is 5.92 Å². The topological polar surface area (TPSA) is 96.5 Å². The Bertz CT molecular complexity index is 1520. The Morgan fingerprint density at radius 1 is 1.03 bits per heavy atom. The molecule has 2 aromatic carbocycles. The van der Waals surface area contributed by atoms with Crippen molar-refractivity contribution >= 4 is 16.9 Å². The van der Waals surface area contributed by atoms with Crippen molar-refractivity contribution in [2.75, 3.05) is 20.1 Å². The van der Waals surface area contributed by atoms with Crippen molar-refractivity contribution < 1.29 is 9.90 Å². The van der Waals surface area contributed by atoms with Crippen LogP contribution in [0.25, 0.3) is 16.7 Å². The van der Waals surface area contributed by atoms with Gasteiger partial charge in [-0.15, -0.1) is 0 Å². The number of benzene rings is 2. The fraction of sp³-hybridized carbons (Fsp3) is 0.400. The third-order valence-corrected chi connectivity index (χ3v) is 7.88. The first-order chi connectivity index (χ1) is 18.9. The molecule has 202 valence electrons. The lowest BCUT2D eigenvalue weighted by Crippen LogP contribution is -2.50. The highest BCUT2D eigenvalue weighted by atomic mass is 16.3. The number of aromatic nitrogens is 4. The largest absolute Gasteiger partial charge is 0.388 e. The van der Waals surface area contributed by atoms with Gasteiger partial charge in [-0.05, 0) is 56.0 Å². The number of amides is 1. The van der Waals surface area contributed by atoms with E-state index in [9.17, 15) is 14.7 Å². The van der Waals surface area contributed by atoms with Crippen LogP contribution in [0, 0.1) is 5.92 Å². The molecule has 2 aliphatic rings. The number of likely N-dealkylation sites (tertiary alicyclic amines) is 1. The Hall–Kier alpha value is -3.82. The first-order valence-corrected chi connectivity index (χ1v) is 13.6. The summed E-state index contributed by atoms with van der Waals surface area (Å²) in [4.78, 5) is 34.3. The minimum absolute atomic E-state index is 0.149. The lowest BCUT2D eigenvalue weighted by atomic mass is 9.91. The van der Waals surface area contributed by atoms with Crippen molar-refractivity contribution in [3.05, 3.63) is 88.6 Å². The van der Waals surface area contributed by atoms with Gasteiger partial charge in [0.25, 0.3) is 5.56 Å². The number of fused-ring (bicyclic) bond motifs is 1. The normalized spacial score (nSPS) is 17.2. The van der Waals surface area contributed by atoms with Crippen molar-refractivity contribution in [1.29, 1.82) is 0 Å². The van der Waals surface area contributed by atoms with Crippen LogP contribution in [-0.4, -0.2) is 65.9 Å². The van der Waals surface area contributed by atoms with Gasteiger partial charge in [-0.25, -0.2) is 9.67 Å². The second-order valence-corrected chi connectivity index (χ2v) is 11.1. The Morgan fingerprint density at radius 3 is 2.36 bits per heavy atom. The summed E-state index contributed by atoms with van der Waals surface area (Å²) >= 11 is 0. The molecule has 1 N–H and O–H groups in total. The molecule has 9 heteroatoms. The van der Waals surface area contributed by atoms with E-state index in [1.807, 2.05) is 23.1 Å². The molecule has 0 bridgehead atoms. The van der Waals surface area contributed by atoms with Gasteiger partial charge in [0, 0.05) is 32.1 Å². The van der Waals surface area contributed by atoms with Gasteiger partial charge in [0.2, 0.25) is 5.91 Å². The van der Waals surface area contributed by atoms with Gasteiger partial charge in [0.1, 0.15) is 11.7 Å². The molecule has 2 fully saturated rings. The molecule has 6 rings (SSSR count). The summed E-state index contributed by atoms with van der Waals surface area (Å²) in [5, 5.41) is 16.0. The second kappa shape index (κ2) is 10.4. The Balaban J connectivity index is 1.13. The van der Waals surface area contributed by atoms with Gasteiger partial charge >= 0.3 is 0 Å². The molecule has 0 unspecified atom stereocenters. The molecule has 0 atom stereocenters. The summed E-state index contributed by atoms with van der Waals surface area (Å²) in [6, 6.07) is 18.5. The molecule has 9 nitrogen and oxygen atoms in total. The number of carbonyl (C=O) groups excluding carboxylic acids is 1. The molecule has 3 heterocycles.